The number of hydrogen-bond donors (Lipinski definition) is 3. The van der Waals surface area contributed by atoms with Crippen molar-refractivity contribution >= 4 is 46.4 Å². The highest BCUT2D eigenvalue weighted by atomic mass is 35.5. The summed E-state index contributed by atoms with van der Waals surface area (Å²) in [5.74, 6) is 0.806. The Bertz CT molecular complexity index is 1090. The topological polar surface area (TPSA) is 88.2 Å². The molecule has 3 N–H and O–H groups in total. The van der Waals surface area contributed by atoms with Crippen LogP contribution >= 0.6 is 23.2 Å². The highest BCUT2D eigenvalue weighted by Crippen LogP contribution is 2.38. The molecule has 0 aliphatic carbocycles. The number of hydrogen-bond acceptors (Lipinski definition) is 5. The zero-order valence-corrected chi connectivity index (χ0v) is 17.2. The van der Waals surface area contributed by atoms with E-state index in [1.807, 2.05) is 0 Å². The lowest BCUT2D eigenvalue weighted by Gasteiger charge is -2.13. The van der Waals surface area contributed by atoms with Crippen LogP contribution in [0.1, 0.15) is 5.56 Å². The molecule has 0 spiro atoms. The van der Waals surface area contributed by atoms with Gasteiger partial charge in [-0.25, -0.2) is 14.8 Å². The van der Waals surface area contributed by atoms with Gasteiger partial charge in [0.15, 0.2) is 5.75 Å². The van der Waals surface area contributed by atoms with Gasteiger partial charge in [0.05, 0.1) is 15.6 Å². The molecular weight excluding hydrogens is 458 g/mol. The standard InChI is InChI=1S/C19H14Cl2F3N5O2/c1-25-15-8-16(27-9-26-15)31-17-13(20)6-12(7-14(17)21)29-18(30)28-11-4-2-3-10(5-11)19(22,23)24/h2-9H,1H3,(H,25,26,27)(H2,28,29,30). The number of urea groups is 1. The molecule has 12 heteroatoms. The molecule has 0 saturated heterocycles. The molecule has 3 rings (SSSR count). The Kier molecular flexibility index (Phi) is 6.71. The van der Waals surface area contributed by atoms with Crippen molar-refractivity contribution in [3.63, 3.8) is 0 Å². The van der Waals surface area contributed by atoms with Crippen LogP contribution in [0.4, 0.5) is 35.2 Å². The molecule has 0 unspecified atom stereocenters. The van der Waals surface area contributed by atoms with Crippen molar-refractivity contribution in [2.45, 2.75) is 6.18 Å². The maximum atomic E-state index is 12.8. The number of nitrogens with one attached hydrogen (secondary N) is 3. The van der Waals surface area contributed by atoms with Crippen molar-refractivity contribution in [2.24, 2.45) is 0 Å². The van der Waals surface area contributed by atoms with E-state index in [1.54, 1.807) is 7.05 Å². The van der Waals surface area contributed by atoms with Crippen molar-refractivity contribution < 1.29 is 22.7 Å². The molecule has 0 aliphatic rings. The second-order valence-electron chi connectivity index (χ2n) is 6.02. The number of carbonyl (C=O) groups is 1. The lowest BCUT2D eigenvalue weighted by atomic mass is 10.2. The Morgan fingerprint density at radius 3 is 2.32 bits per heavy atom. The van der Waals surface area contributed by atoms with Gasteiger partial charge in [0.1, 0.15) is 12.1 Å². The van der Waals surface area contributed by atoms with E-state index in [0.29, 0.717) is 5.82 Å². The number of halogens is 5. The first-order valence-electron chi connectivity index (χ1n) is 8.57. The first-order chi connectivity index (χ1) is 14.7. The number of benzene rings is 2. The quantitative estimate of drug-likeness (QED) is 0.407. The Balaban J connectivity index is 1.72. The average Bonchev–Trinajstić information content (AvgIpc) is 2.70. The lowest BCUT2D eigenvalue weighted by molar-refractivity contribution is -0.137. The van der Waals surface area contributed by atoms with Crippen molar-refractivity contribution in [3.05, 3.63) is 64.4 Å². The van der Waals surface area contributed by atoms with Gasteiger partial charge in [0.2, 0.25) is 5.88 Å². The molecule has 0 fully saturated rings. The zero-order chi connectivity index (χ0) is 22.6. The van der Waals surface area contributed by atoms with Gasteiger partial charge in [0.25, 0.3) is 0 Å². The molecule has 162 valence electrons. The van der Waals surface area contributed by atoms with Gasteiger partial charge in [-0.05, 0) is 30.3 Å². The van der Waals surface area contributed by atoms with E-state index in [-0.39, 0.29) is 33.0 Å². The predicted octanol–water partition coefficient (Wildman–Crippen LogP) is 6.28. The van der Waals surface area contributed by atoms with Gasteiger partial charge in [-0.1, -0.05) is 29.3 Å². The third-order valence-corrected chi connectivity index (χ3v) is 4.37. The van der Waals surface area contributed by atoms with Gasteiger partial charge >= 0.3 is 12.2 Å². The molecule has 0 aliphatic heterocycles. The summed E-state index contributed by atoms with van der Waals surface area (Å²) >= 11 is 12.4. The average molecular weight is 472 g/mol. The predicted molar refractivity (Wildman–Crippen MR) is 112 cm³/mol. The van der Waals surface area contributed by atoms with Crippen molar-refractivity contribution in [1.82, 2.24) is 9.97 Å². The summed E-state index contributed by atoms with van der Waals surface area (Å²) in [6.45, 7) is 0. The Morgan fingerprint density at radius 1 is 1.00 bits per heavy atom. The smallest absolute Gasteiger partial charge is 0.416 e. The Labute approximate surface area is 184 Å². The van der Waals surface area contributed by atoms with E-state index < -0.39 is 17.8 Å². The molecule has 0 atom stereocenters. The largest absolute Gasteiger partial charge is 0.436 e. The minimum atomic E-state index is -4.53. The molecule has 1 aromatic heterocycles. The SMILES string of the molecule is CNc1cc(Oc2c(Cl)cc(NC(=O)Nc3cccc(C(F)(F)F)c3)cc2Cl)ncn1. The number of anilines is 3. The summed E-state index contributed by atoms with van der Waals surface area (Å²) < 4.78 is 44.0. The fraction of sp³-hybridized carbons (Fsp3) is 0.105. The number of amides is 2. The van der Waals surface area contributed by atoms with E-state index >= 15 is 0 Å². The second-order valence-corrected chi connectivity index (χ2v) is 6.83. The first-order valence-corrected chi connectivity index (χ1v) is 9.33. The molecule has 31 heavy (non-hydrogen) atoms. The van der Waals surface area contributed by atoms with Crippen LogP contribution < -0.4 is 20.7 Å². The molecule has 0 radical (unpaired) electrons. The van der Waals surface area contributed by atoms with E-state index in [1.165, 1.54) is 36.7 Å². The highest BCUT2D eigenvalue weighted by molar-refractivity contribution is 6.37. The minimum absolute atomic E-state index is 0.0337. The third-order valence-electron chi connectivity index (χ3n) is 3.81. The van der Waals surface area contributed by atoms with E-state index in [9.17, 15) is 18.0 Å². The number of aromatic nitrogens is 2. The van der Waals surface area contributed by atoms with Crippen LogP contribution in [0.15, 0.2) is 48.8 Å². The molecule has 7 nitrogen and oxygen atoms in total. The monoisotopic (exact) mass is 471 g/mol. The minimum Gasteiger partial charge on any atom is -0.436 e. The third kappa shape index (κ3) is 5.89. The van der Waals surface area contributed by atoms with Gasteiger partial charge in [-0.15, -0.1) is 0 Å². The van der Waals surface area contributed by atoms with Gasteiger partial charge in [0, 0.05) is 24.5 Å². The van der Waals surface area contributed by atoms with E-state index in [4.69, 9.17) is 27.9 Å². The molecule has 0 bridgehead atoms. The number of carbonyl (C=O) groups excluding carboxylic acids is 1. The van der Waals surface area contributed by atoms with E-state index in [2.05, 4.69) is 25.9 Å². The molecule has 2 amide bonds. The van der Waals surface area contributed by atoms with Crippen LogP contribution in [-0.4, -0.2) is 23.0 Å². The highest BCUT2D eigenvalue weighted by Gasteiger charge is 2.30. The second kappa shape index (κ2) is 9.27. The maximum Gasteiger partial charge on any atom is 0.416 e. The molecule has 0 saturated carbocycles. The normalized spacial score (nSPS) is 11.0. The molecule has 3 aromatic rings. The summed E-state index contributed by atoms with van der Waals surface area (Å²) in [6, 6.07) is 7.72. The summed E-state index contributed by atoms with van der Waals surface area (Å²) in [5.41, 5.74) is -0.719. The summed E-state index contributed by atoms with van der Waals surface area (Å²) in [7, 11) is 1.68. The van der Waals surface area contributed by atoms with Crippen molar-refractivity contribution in [3.8, 4) is 11.6 Å². The lowest BCUT2D eigenvalue weighted by Crippen LogP contribution is -2.19. The summed E-state index contributed by atoms with van der Waals surface area (Å²) in [4.78, 5) is 20.1. The van der Waals surface area contributed by atoms with Crippen LogP contribution in [0.2, 0.25) is 10.0 Å². The van der Waals surface area contributed by atoms with Crippen LogP contribution in [0.5, 0.6) is 11.6 Å². The summed E-state index contributed by atoms with van der Waals surface area (Å²) in [6.07, 6.45) is -3.24. The maximum absolute atomic E-state index is 12.8. The number of alkyl halides is 3. The fourth-order valence-corrected chi connectivity index (χ4v) is 3.00. The first kappa shape index (κ1) is 22.4. The van der Waals surface area contributed by atoms with Crippen LogP contribution in [0, 0.1) is 0 Å². The van der Waals surface area contributed by atoms with E-state index in [0.717, 1.165) is 12.1 Å². The van der Waals surface area contributed by atoms with Gasteiger partial charge < -0.3 is 20.7 Å². The van der Waals surface area contributed by atoms with Gasteiger partial charge in [-0.2, -0.15) is 13.2 Å². The van der Waals surface area contributed by atoms with Crippen LogP contribution in [-0.2, 0) is 6.18 Å². The Hall–Kier alpha value is -3.24. The zero-order valence-electron chi connectivity index (χ0n) is 15.7. The molecule has 1 heterocycles. The molecule has 2 aromatic carbocycles. The Morgan fingerprint density at radius 2 is 1.68 bits per heavy atom. The van der Waals surface area contributed by atoms with Gasteiger partial charge in [-0.3, -0.25) is 0 Å². The fourth-order valence-electron chi connectivity index (χ4n) is 2.43. The number of rotatable bonds is 5. The van der Waals surface area contributed by atoms with Crippen LogP contribution in [0.25, 0.3) is 0 Å². The molecular formula is C19H14Cl2F3N5O2. The number of ether oxygens (including phenoxy) is 1. The van der Waals surface area contributed by atoms with Crippen molar-refractivity contribution in [2.75, 3.05) is 23.0 Å². The number of nitrogens with zero attached hydrogens (tertiary/aromatic N) is 2. The van der Waals surface area contributed by atoms with Crippen LogP contribution in [0.3, 0.4) is 0 Å². The van der Waals surface area contributed by atoms with Crippen molar-refractivity contribution in [1.29, 1.82) is 0 Å². The summed E-state index contributed by atoms with van der Waals surface area (Å²) in [5, 5.41) is 7.75.